The highest BCUT2D eigenvalue weighted by Crippen LogP contribution is 2.23. The summed E-state index contributed by atoms with van der Waals surface area (Å²) in [6.45, 7) is 9.86. The Labute approximate surface area is 171 Å². The first-order chi connectivity index (χ1) is 13.8. The minimum atomic E-state index is -0.370. The number of hydrogen-bond donors (Lipinski definition) is 1. The first kappa shape index (κ1) is 22.0. The van der Waals surface area contributed by atoms with Crippen molar-refractivity contribution in [3.8, 4) is 11.8 Å². The standard InChI is InChI=1S/C23H27N3O3/c1-6-15(3)25-22(27)20(14-24)13-19-12-16(4)26(17(19)5)21-10-8-18(9-11-21)23(28)29-7-2/h8-13,15H,6-7H2,1-5H3,(H,25,27)/b20-13+/t15-/m1/s1. The van der Waals surface area contributed by atoms with E-state index in [0.717, 1.165) is 29.1 Å². The van der Waals surface area contributed by atoms with E-state index >= 15 is 0 Å². The zero-order chi connectivity index (χ0) is 21.6. The van der Waals surface area contributed by atoms with Gasteiger partial charge in [0.25, 0.3) is 5.91 Å². The van der Waals surface area contributed by atoms with Crippen LogP contribution in [0.25, 0.3) is 11.8 Å². The molecule has 1 aromatic carbocycles. The fraction of sp³-hybridized carbons (Fsp3) is 0.348. The Kier molecular flexibility index (Phi) is 7.38. The molecule has 29 heavy (non-hydrogen) atoms. The summed E-state index contributed by atoms with van der Waals surface area (Å²) in [6, 6.07) is 11.1. The number of aromatic nitrogens is 1. The summed E-state index contributed by atoms with van der Waals surface area (Å²) in [5, 5.41) is 12.2. The van der Waals surface area contributed by atoms with Gasteiger partial charge < -0.3 is 14.6 Å². The predicted molar refractivity (Wildman–Crippen MR) is 113 cm³/mol. The summed E-state index contributed by atoms with van der Waals surface area (Å²) in [5.74, 6) is -0.722. The highest BCUT2D eigenvalue weighted by molar-refractivity contribution is 6.02. The molecule has 0 radical (unpaired) electrons. The van der Waals surface area contributed by atoms with Crippen molar-refractivity contribution in [2.24, 2.45) is 0 Å². The molecule has 2 aromatic rings. The normalized spacial score (nSPS) is 12.2. The largest absolute Gasteiger partial charge is 0.462 e. The fourth-order valence-corrected chi connectivity index (χ4v) is 3.00. The van der Waals surface area contributed by atoms with E-state index in [4.69, 9.17) is 4.74 Å². The smallest absolute Gasteiger partial charge is 0.338 e. The van der Waals surface area contributed by atoms with Crippen molar-refractivity contribution in [3.05, 3.63) is 58.4 Å². The van der Waals surface area contributed by atoms with Crippen LogP contribution in [0.2, 0.25) is 0 Å². The third-order valence-corrected chi connectivity index (χ3v) is 4.76. The van der Waals surface area contributed by atoms with Gasteiger partial charge in [-0.1, -0.05) is 6.92 Å². The number of esters is 1. The van der Waals surface area contributed by atoms with Gasteiger partial charge in [-0.2, -0.15) is 5.26 Å². The summed E-state index contributed by atoms with van der Waals surface area (Å²) in [4.78, 5) is 24.2. The molecule has 0 aliphatic heterocycles. The monoisotopic (exact) mass is 393 g/mol. The average molecular weight is 393 g/mol. The molecule has 0 unspecified atom stereocenters. The maximum atomic E-state index is 12.3. The van der Waals surface area contributed by atoms with Crippen LogP contribution in [-0.2, 0) is 9.53 Å². The van der Waals surface area contributed by atoms with Gasteiger partial charge in [-0.05, 0) is 76.1 Å². The van der Waals surface area contributed by atoms with E-state index in [-0.39, 0.29) is 23.5 Å². The molecule has 0 aliphatic carbocycles. The van der Waals surface area contributed by atoms with Crippen LogP contribution in [0, 0.1) is 25.2 Å². The summed E-state index contributed by atoms with van der Waals surface area (Å²) in [5.41, 5.74) is 4.10. The highest BCUT2D eigenvalue weighted by atomic mass is 16.5. The Hall–Kier alpha value is -3.33. The van der Waals surface area contributed by atoms with E-state index in [1.165, 1.54) is 0 Å². The van der Waals surface area contributed by atoms with Crippen LogP contribution >= 0.6 is 0 Å². The molecule has 2 rings (SSSR count). The van der Waals surface area contributed by atoms with Gasteiger partial charge in [0.05, 0.1) is 12.2 Å². The number of nitriles is 1. The summed E-state index contributed by atoms with van der Waals surface area (Å²) in [6.07, 6.45) is 2.41. The lowest BCUT2D eigenvalue weighted by Gasteiger charge is -2.11. The number of rotatable bonds is 7. The molecule has 1 aromatic heterocycles. The van der Waals surface area contributed by atoms with Crippen LogP contribution in [0.4, 0.5) is 0 Å². The zero-order valence-electron chi connectivity index (χ0n) is 17.6. The van der Waals surface area contributed by atoms with Crippen molar-refractivity contribution in [1.82, 2.24) is 9.88 Å². The van der Waals surface area contributed by atoms with Crippen molar-refractivity contribution in [2.75, 3.05) is 6.61 Å². The van der Waals surface area contributed by atoms with Crippen molar-refractivity contribution >= 4 is 18.0 Å². The van der Waals surface area contributed by atoms with E-state index in [2.05, 4.69) is 5.32 Å². The molecule has 1 amide bonds. The van der Waals surface area contributed by atoms with E-state index < -0.39 is 0 Å². The summed E-state index contributed by atoms with van der Waals surface area (Å²) >= 11 is 0. The van der Waals surface area contributed by atoms with E-state index in [0.29, 0.717) is 12.2 Å². The van der Waals surface area contributed by atoms with Gasteiger partial charge in [0.15, 0.2) is 0 Å². The van der Waals surface area contributed by atoms with Gasteiger partial charge in [-0.15, -0.1) is 0 Å². The van der Waals surface area contributed by atoms with Crippen LogP contribution in [0.15, 0.2) is 35.9 Å². The van der Waals surface area contributed by atoms with Crippen LogP contribution in [0.1, 0.15) is 54.5 Å². The lowest BCUT2D eigenvalue weighted by molar-refractivity contribution is -0.117. The molecule has 1 heterocycles. The molecule has 6 nitrogen and oxygen atoms in total. The number of carbonyl (C=O) groups is 2. The number of carbonyl (C=O) groups excluding carboxylic acids is 2. The molecule has 0 saturated heterocycles. The van der Waals surface area contributed by atoms with Crippen LogP contribution in [-0.4, -0.2) is 29.1 Å². The SMILES string of the molecule is CCOC(=O)c1ccc(-n2c(C)cc(/C=C(\C#N)C(=O)N[C@H](C)CC)c2C)cc1. The molecular weight excluding hydrogens is 366 g/mol. The number of nitrogens with one attached hydrogen (secondary N) is 1. The molecular formula is C23H27N3O3. The van der Waals surface area contributed by atoms with Gasteiger partial charge in [-0.25, -0.2) is 4.79 Å². The number of amides is 1. The Morgan fingerprint density at radius 2 is 1.90 bits per heavy atom. The van der Waals surface area contributed by atoms with E-state index in [9.17, 15) is 14.9 Å². The van der Waals surface area contributed by atoms with Crippen molar-refractivity contribution in [1.29, 1.82) is 5.26 Å². The molecule has 6 heteroatoms. The number of nitrogens with zero attached hydrogens (tertiary/aromatic N) is 2. The molecule has 0 bridgehead atoms. The molecule has 152 valence electrons. The van der Waals surface area contributed by atoms with Gasteiger partial charge in [0, 0.05) is 23.1 Å². The van der Waals surface area contributed by atoms with Gasteiger partial charge in [-0.3, -0.25) is 4.79 Å². The first-order valence-corrected chi connectivity index (χ1v) is 9.71. The lowest BCUT2D eigenvalue weighted by Crippen LogP contribution is -2.32. The van der Waals surface area contributed by atoms with Crippen LogP contribution < -0.4 is 5.32 Å². The van der Waals surface area contributed by atoms with Crippen molar-refractivity contribution in [2.45, 2.75) is 47.1 Å². The Bertz CT molecular complexity index is 962. The molecule has 0 fully saturated rings. The van der Waals surface area contributed by atoms with E-state index in [1.807, 2.05) is 56.5 Å². The zero-order valence-corrected chi connectivity index (χ0v) is 17.6. The maximum absolute atomic E-state index is 12.3. The molecule has 0 spiro atoms. The molecule has 0 aliphatic rings. The third kappa shape index (κ3) is 5.14. The van der Waals surface area contributed by atoms with E-state index in [1.54, 1.807) is 25.1 Å². The predicted octanol–water partition coefficient (Wildman–Crippen LogP) is 4.09. The minimum absolute atomic E-state index is 0.00425. The fourth-order valence-electron chi connectivity index (χ4n) is 3.00. The number of aryl methyl sites for hydroxylation is 1. The molecule has 0 saturated carbocycles. The van der Waals surface area contributed by atoms with Crippen LogP contribution in [0.5, 0.6) is 0 Å². The number of hydrogen-bond acceptors (Lipinski definition) is 4. The molecule has 1 N–H and O–H groups in total. The number of benzene rings is 1. The second-order valence-electron chi connectivity index (χ2n) is 6.88. The third-order valence-electron chi connectivity index (χ3n) is 4.76. The summed E-state index contributed by atoms with van der Waals surface area (Å²) in [7, 11) is 0. The second-order valence-corrected chi connectivity index (χ2v) is 6.88. The number of ether oxygens (including phenoxy) is 1. The van der Waals surface area contributed by atoms with Crippen molar-refractivity contribution in [3.63, 3.8) is 0 Å². The quantitative estimate of drug-likeness (QED) is 0.436. The first-order valence-electron chi connectivity index (χ1n) is 9.71. The Morgan fingerprint density at radius 1 is 1.24 bits per heavy atom. The Morgan fingerprint density at radius 3 is 2.45 bits per heavy atom. The van der Waals surface area contributed by atoms with Crippen molar-refractivity contribution < 1.29 is 14.3 Å². The van der Waals surface area contributed by atoms with Gasteiger partial charge in [0.2, 0.25) is 0 Å². The maximum Gasteiger partial charge on any atom is 0.338 e. The Balaban J connectivity index is 2.36. The minimum Gasteiger partial charge on any atom is -0.462 e. The summed E-state index contributed by atoms with van der Waals surface area (Å²) < 4.78 is 7.03. The topological polar surface area (TPSA) is 84.1 Å². The molecule has 1 atom stereocenters. The average Bonchev–Trinajstić information content (AvgIpc) is 2.99. The van der Waals surface area contributed by atoms with Crippen LogP contribution in [0.3, 0.4) is 0 Å². The highest BCUT2D eigenvalue weighted by Gasteiger charge is 2.15. The van der Waals surface area contributed by atoms with Gasteiger partial charge >= 0.3 is 5.97 Å². The lowest BCUT2D eigenvalue weighted by atomic mass is 10.1. The second kappa shape index (κ2) is 9.74. The van der Waals surface area contributed by atoms with Gasteiger partial charge in [0.1, 0.15) is 11.6 Å².